The molecule has 0 radical (unpaired) electrons. The maximum Gasteiger partial charge on any atom is 0.0593 e. The lowest BCUT2D eigenvalue weighted by Crippen LogP contribution is -2.23. The van der Waals surface area contributed by atoms with Crippen molar-refractivity contribution in [3.63, 3.8) is 0 Å². The monoisotopic (exact) mass is 255 g/mol. The maximum atomic E-state index is 3.98. The van der Waals surface area contributed by atoms with E-state index in [1.54, 1.807) is 6.20 Å². The molecular weight excluding hydrogens is 234 g/mol. The Hall–Kier alpha value is -1.74. The average molecular weight is 255 g/mol. The number of aromatic nitrogens is 2. The summed E-state index contributed by atoms with van der Waals surface area (Å²) in [4.78, 5) is 0. The summed E-state index contributed by atoms with van der Waals surface area (Å²) in [6.07, 6.45) is 5.77. The largest absolute Gasteiger partial charge is 0.306 e. The smallest absolute Gasteiger partial charge is 0.0593 e. The summed E-state index contributed by atoms with van der Waals surface area (Å²) in [6.45, 7) is 5.34. The first-order valence-electron chi connectivity index (χ1n) is 6.94. The molecule has 3 heteroatoms. The van der Waals surface area contributed by atoms with Gasteiger partial charge in [0.15, 0.2) is 0 Å². The first-order valence-corrected chi connectivity index (χ1v) is 6.94. The van der Waals surface area contributed by atoms with E-state index in [9.17, 15) is 0 Å². The normalized spacial score (nSPS) is 12.3. The van der Waals surface area contributed by atoms with Crippen molar-refractivity contribution in [2.24, 2.45) is 0 Å². The van der Waals surface area contributed by atoms with Gasteiger partial charge in [-0.2, -0.15) is 10.2 Å². The van der Waals surface area contributed by atoms with Crippen LogP contribution in [-0.4, -0.2) is 16.7 Å². The molecule has 2 rings (SSSR count). The Morgan fingerprint density at radius 3 is 2.37 bits per heavy atom. The second kappa shape index (κ2) is 7.00. The second-order valence-electron chi connectivity index (χ2n) is 4.66. The molecule has 0 amide bonds. The van der Waals surface area contributed by atoms with Crippen molar-refractivity contribution in [2.45, 2.75) is 32.7 Å². The molecule has 3 nitrogen and oxygen atoms in total. The quantitative estimate of drug-likeness (QED) is 0.861. The van der Waals surface area contributed by atoms with Gasteiger partial charge in [0, 0.05) is 6.20 Å². The van der Waals surface area contributed by atoms with Crippen molar-refractivity contribution in [3.05, 3.63) is 59.4 Å². The minimum atomic E-state index is 0.196. The molecule has 1 aromatic carbocycles. The van der Waals surface area contributed by atoms with Crippen LogP contribution in [0.1, 0.15) is 43.0 Å². The molecule has 19 heavy (non-hydrogen) atoms. The predicted molar refractivity (Wildman–Crippen MR) is 78.0 cm³/mol. The van der Waals surface area contributed by atoms with Crippen LogP contribution in [0.3, 0.4) is 0 Å². The van der Waals surface area contributed by atoms with Gasteiger partial charge in [0.1, 0.15) is 0 Å². The van der Waals surface area contributed by atoms with Gasteiger partial charge in [0.25, 0.3) is 0 Å². The van der Waals surface area contributed by atoms with Crippen LogP contribution in [0.15, 0.2) is 42.7 Å². The lowest BCUT2D eigenvalue weighted by molar-refractivity contribution is 0.595. The molecule has 1 atom stereocenters. The molecule has 0 aliphatic carbocycles. The van der Waals surface area contributed by atoms with Crippen molar-refractivity contribution in [1.82, 2.24) is 15.5 Å². The van der Waals surface area contributed by atoms with Gasteiger partial charge in [-0.15, -0.1) is 0 Å². The highest BCUT2D eigenvalue weighted by atomic mass is 15.1. The summed E-state index contributed by atoms with van der Waals surface area (Å²) in [5, 5.41) is 11.4. The van der Waals surface area contributed by atoms with Gasteiger partial charge in [0.2, 0.25) is 0 Å². The van der Waals surface area contributed by atoms with Crippen molar-refractivity contribution in [2.75, 3.05) is 6.54 Å². The Kier molecular flexibility index (Phi) is 5.04. The van der Waals surface area contributed by atoms with Crippen LogP contribution in [0.4, 0.5) is 0 Å². The van der Waals surface area contributed by atoms with E-state index in [-0.39, 0.29) is 6.04 Å². The zero-order chi connectivity index (χ0) is 13.5. The highest BCUT2D eigenvalue weighted by Gasteiger charge is 2.13. The first-order chi connectivity index (χ1) is 9.35. The maximum absolute atomic E-state index is 3.98. The molecule has 0 saturated carbocycles. The van der Waals surface area contributed by atoms with E-state index < -0.39 is 0 Å². The summed E-state index contributed by atoms with van der Waals surface area (Å²) >= 11 is 0. The molecule has 1 unspecified atom stereocenters. The fourth-order valence-electron chi connectivity index (χ4n) is 2.13. The minimum absolute atomic E-state index is 0.196. The SMILES string of the molecule is CCCNC(c1ccc(CC)cc1)c1ccnnc1. The molecule has 2 aromatic rings. The third-order valence-electron chi connectivity index (χ3n) is 3.26. The van der Waals surface area contributed by atoms with Gasteiger partial charge >= 0.3 is 0 Å². The van der Waals surface area contributed by atoms with Crippen LogP contribution >= 0.6 is 0 Å². The number of hydrogen-bond acceptors (Lipinski definition) is 3. The lowest BCUT2D eigenvalue weighted by Gasteiger charge is -2.19. The predicted octanol–water partition coefficient (Wildman–Crippen LogP) is 3.13. The molecule has 0 bridgehead atoms. The number of nitrogens with zero attached hydrogens (tertiary/aromatic N) is 2. The highest BCUT2D eigenvalue weighted by molar-refractivity contribution is 5.31. The van der Waals surface area contributed by atoms with E-state index in [0.717, 1.165) is 24.9 Å². The van der Waals surface area contributed by atoms with Crippen molar-refractivity contribution < 1.29 is 0 Å². The topological polar surface area (TPSA) is 37.8 Å². The van der Waals surface area contributed by atoms with Gasteiger partial charge in [-0.05, 0) is 42.1 Å². The molecule has 0 aliphatic rings. The van der Waals surface area contributed by atoms with E-state index in [1.807, 2.05) is 12.3 Å². The molecule has 100 valence electrons. The number of benzene rings is 1. The zero-order valence-electron chi connectivity index (χ0n) is 11.6. The lowest BCUT2D eigenvalue weighted by atomic mass is 9.98. The van der Waals surface area contributed by atoms with Gasteiger partial charge < -0.3 is 5.32 Å². The molecule has 1 N–H and O–H groups in total. The van der Waals surface area contributed by atoms with Crippen LogP contribution < -0.4 is 5.32 Å². The fourth-order valence-corrected chi connectivity index (χ4v) is 2.13. The third-order valence-corrected chi connectivity index (χ3v) is 3.26. The summed E-state index contributed by atoms with van der Waals surface area (Å²) in [7, 11) is 0. The van der Waals surface area contributed by atoms with Gasteiger partial charge in [0.05, 0.1) is 12.2 Å². The Bertz CT molecular complexity index is 479. The van der Waals surface area contributed by atoms with Crippen molar-refractivity contribution in [1.29, 1.82) is 0 Å². The summed E-state index contributed by atoms with van der Waals surface area (Å²) < 4.78 is 0. The molecule has 0 spiro atoms. The second-order valence-corrected chi connectivity index (χ2v) is 4.66. The Morgan fingerprint density at radius 2 is 1.79 bits per heavy atom. The third kappa shape index (κ3) is 3.61. The Balaban J connectivity index is 2.26. The van der Waals surface area contributed by atoms with Crippen molar-refractivity contribution >= 4 is 0 Å². The van der Waals surface area contributed by atoms with Gasteiger partial charge in [-0.25, -0.2) is 0 Å². The summed E-state index contributed by atoms with van der Waals surface area (Å²) in [6, 6.07) is 11.0. The Morgan fingerprint density at radius 1 is 1.00 bits per heavy atom. The zero-order valence-corrected chi connectivity index (χ0v) is 11.6. The van der Waals surface area contributed by atoms with Crippen LogP contribution in [-0.2, 0) is 6.42 Å². The van der Waals surface area contributed by atoms with Crippen LogP contribution in [0.25, 0.3) is 0 Å². The van der Waals surface area contributed by atoms with E-state index >= 15 is 0 Å². The van der Waals surface area contributed by atoms with E-state index in [4.69, 9.17) is 0 Å². The highest BCUT2D eigenvalue weighted by Crippen LogP contribution is 2.21. The summed E-state index contributed by atoms with van der Waals surface area (Å²) in [5.74, 6) is 0. The molecule has 0 saturated heterocycles. The molecule has 0 aliphatic heterocycles. The first kappa shape index (κ1) is 13.7. The van der Waals surface area contributed by atoms with E-state index in [2.05, 4.69) is 53.6 Å². The van der Waals surface area contributed by atoms with E-state index in [0.29, 0.717) is 0 Å². The van der Waals surface area contributed by atoms with E-state index in [1.165, 1.54) is 11.1 Å². The van der Waals surface area contributed by atoms with Crippen molar-refractivity contribution in [3.8, 4) is 0 Å². The van der Waals surface area contributed by atoms with Gasteiger partial charge in [-0.3, -0.25) is 0 Å². The average Bonchev–Trinajstić information content (AvgIpc) is 2.49. The van der Waals surface area contributed by atoms with Crippen LogP contribution in [0, 0.1) is 0 Å². The standard InChI is InChI=1S/C16H21N3/c1-3-10-17-16(15-9-11-18-19-12-15)14-7-5-13(4-2)6-8-14/h5-9,11-12,16-17H,3-4,10H2,1-2H3. The fraction of sp³-hybridized carbons (Fsp3) is 0.375. The molecular formula is C16H21N3. The molecule has 1 heterocycles. The number of nitrogens with one attached hydrogen (secondary N) is 1. The number of aryl methyl sites for hydroxylation is 1. The number of hydrogen-bond donors (Lipinski definition) is 1. The van der Waals surface area contributed by atoms with Crippen LogP contribution in [0.2, 0.25) is 0 Å². The molecule has 1 aromatic heterocycles. The minimum Gasteiger partial charge on any atom is -0.306 e. The summed E-state index contributed by atoms with van der Waals surface area (Å²) in [5.41, 5.74) is 3.80. The number of rotatable bonds is 6. The molecule has 0 fully saturated rings. The van der Waals surface area contributed by atoms with Crippen LogP contribution in [0.5, 0.6) is 0 Å². The Labute approximate surface area is 115 Å². The van der Waals surface area contributed by atoms with Gasteiger partial charge in [-0.1, -0.05) is 38.1 Å².